The van der Waals surface area contributed by atoms with Crippen LogP contribution in [0.15, 0.2) is 41.5 Å². The minimum absolute atomic E-state index is 0.000529. The standard InChI is InChI=1S/C21H19F4N5O3/c1-10-16-18(32)30(2)19(26)29-20(16,9-33-10)13-7-12(4-5-14(13)22)28-17(31)15-6-3-11(8-27-15)21(23,24)25/h3-8,10,16H,9H2,1-2H3,(H2,26,29)(H,28,31)/t10-,16+,20-/m1/s1. The Bertz CT molecular complexity index is 1150. The zero-order valence-corrected chi connectivity index (χ0v) is 17.5. The van der Waals surface area contributed by atoms with Gasteiger partial charge in [0, 0.05) is 24.5 Å². The van der Waals surface area contributed by atoms with E-state index in [1.165, 1.54) is 24.1 Å². The van der Waals surface area contributed by atoms with E-state index in [4.69, 9.17) is 10.5 Å². The molecule has 2 aliphatic heterocycles. The lowest BCUT2D eigenvalue weighted by Crippen LogP contribution is -2.55. The third-order valence-electron chi connectivity index (χ3n) is 5.82. The molecule has 0 aliphatic carbocycles. The van der Waals surface area contributed by atoms with Crippen LogP contribution < -0.4 is 11.1 Å². The van der Waals surface area contributed by atoms with Gasteiger partial charge in [-0.2, -0.15) is 13.2 Å². The number of benzene rings is 1. The SMILES string of the molecule is C[C@H]1OC[C@]2(c3cc(NC(=O)c4ccc(C(F)(F)F)cn4)ccc3F)N=C(N)N(C)C(=O)[C@H]12. The number of pyridine rings is 1. The summed E-state index contributed by atoms with van der Waals surface area (Å²) in [4.78, 5) is 34.5. The van der Waals surface area contributed by atoms with Crippen LogP contribution in [-0.2, 0) is 21.2 Å². The van der Waals surface area contributed by atoms with Gasteiger partial charge in [-0.05, 0) is 37.3 Å². The van der Waals surface area contributed by atoms with Crippen molar-refractivity contribution in [3.8, 4) is 0 Å². The summed E-state index contributed by atoms with van der Waals surface area (Å²) in [6, 6.07) is 5.34. The summed E-state index contributed by atoms with van der Waals surface area (Å²) in [6.45, 7) is 1.57. The molecule has 1 aromatic carbocycles. The number of hydrogen-bond acceptors (Lipinski definition) is 6. The van der Waals surface area contributed by atoms with Crippen LogP contribution in [-0.4, -0.2) is 47.4 Å². The van der Waals surface area contributed by atoms with Crippen LogP contribution in [0.4, 0.5) is 23.2 Å². The number of hydrogen-bond donors (Lipinski definition) is 2. The first kappa shape index (κ1) is 22.6. The fourth-order valence-electron chi connectivity index (χ4n) is 4.07. The Balaban J connectivity index is 1.67. The van der Waals surface area contributed by atoms with Crippen molar-refractivity contribution in [3.63, 3.8) is 0 Å². The van der Waals surface area contributed by atoms with Gasteiger partial charge in [-0.15, -0.1) is 0 Å². The molecule has 1 saturated heterocycles. The van der Waals surface area contributed by atoms with E-state index in [2.05, 4.69) is 15.3 Å². The van der Waals surface area contributed by atoms with Crippen molar-refractivity contribution in [2.75, 3.05) is 19.0 Å². The zero-order valence-electron chi connectivity index (χ0n) is 17.5. The van der Waals surface area contributed by atoms with Crippen molar-refractivity contribution in [2.24, 2.45) is 16.6 Å². The molecule has 1 aromatic heterocycles. The number of nitrogens with two attached hydrogens (primary N) is 1. The highest BCUT2D eigenvalue weighted by molar-refractivity contribution is 6.03. The highest BCUT2D eigenvalue weighted by atomic mass is 19.4. The molecule has 2 aromatic rings. The zero-order chi connectivity index (χ0) is 24.1. The molecule has 2 aliphatic rings. The number of aliphatic imine (C=N–C) groups is 1. The molecule has 3 N–H and O–H groups in total. The maximum Gasteiger partial charge on any atom is 0.417 e. The van der Waals surface area contributed by atoms with Crippen molar-refractivity contribution in [1.29, 1.82) is 0 Å². The second-order valence-electron chi connectivity index (χ2n) is 7.86. The fraction of sp³-hybridized carbons (Fsp3) is 0.333. The van der Waals surface area contributed by atoms with E-state index in [0.29, 0.717) is 6.20 Å². The molecule has 2 amide bonds. The monoisotopic (exact) mass is 465 g/mol. The molecule has 174 valence electrons. The van der Waals surface area contributed by atoms with Crippen molar-refractivity contribution < 1.29 is 31.9 Å². The van der Waals surface area contributed by atoms with Gasteiger partial charge in [0.1, 0.15) is 17.1 Å². The molecule has 1 fully saturated rings. The Morgan fingerprint density at radius 1 is 1.30 bits per heavy atom. The van der Waals surface area contributed by atoms with Gasteiger partial charge in [-0.1, -0.05) is 0 Å². The van der Waals surface area contributed by atoms with Crippen LogP contribution in [0.2, 0.25) is 0 Å². The summed E-state index contributed by atoms with van der Waals surface area (Å²) in [5.74, 6) is -2.80. The van der Waals surface area contributed by atoms with E-state index in [1.54, 1.807) is 6.92 Å². The number of nitrogens with one attached hydrogen (secondary N) is 1. The third-order valence-corrected chi connectivity index (χ3v) is 5.82. The summed E-state index contributed by atoms with van der Waals surface area (Å²) in [5, 5.41) is 2.48. The Kier molecular flexibility index (Phi) is 5.35. The predicted molar refractivity (Wildman–Crippen MR) is 109 cm³/mol. The molecular formula is C21H19F4N5O3. The number of fused-ring (bicyclic) bond motifs is 1. The van der Waals surface area contributed by atoms with Gasteiger partial charge in [0.2, 0.25) is 5.91 Å². The molecule has 0 bridgehead atoms. The minimum atomic E-state index is -4.59. The summed E-state index contributed by atoms with van der Waals surface area (Å²) in [5.41, 5.74) is 3.34. The minimum Gasteiger partial charge on any atom is -0.375 e. The van der Waals surface area contributed by atoms with Crippen molar-refractivity contribution >= 4 is 23.5 Å². The number of alkyl halides is 3. The molecule has 0 unspecified atom stereocenters. The predicted octanol–water partition coefficient (Wildman–Crippen LogP) is 2.51. The molecule has 8 nitrogen and oxygen atoms in total. The number of anilines is 1. The molecule has 12 heteroatoms. The van der Waals surface area contributed by atoms with Crippen molar-refractivity contribution in [3.05, 3.63) is 59.2 Å². The first-order valence-electron chi connectivity index (χ1n) is 9.83. The largest absolute Gasteiger partial charge is 0.417 e. The molecule has 0 saturated carbocycles. The number of halogens is 4. The van der Waals surface area contributed by atoms with Crippen LogP contribution in [0.3, 0.4) is 0 Å². The van der Waals surface area contributed by atoms with E-state index in [0.717, 1.165) is 18.2 Å². The normalized spacial score (nSPS) is 25.0. The molecule has 33 heavy (non-hydrogen) atoms. The Morgan fingerprint density at radius 2 is 2.03 bits per heavy atom. The van der Waals surface area contributed by atoms with Gasteiger partial charge in [0.15, 0.2) is 5.96 Å². The lowest BCUT2D eigenvalue weighted by atomic mass is 9.76. The van der Waals surface area contributed by atoms with Crippen LogP contribution >= 0.6 is 0 Å². The lowest BCUT2D eigenvalue weighted by molar-refractivity contribution is -0.138. The van der Waals surface area contributed by atoms with E-state index < -0.39 is 41.0 Å². The first-order valence-corrected chi connectivity index (χ1v) is 9.83. The lowest BCUT2D eigenvalue weighted by Gasteiger charge is -2.38. The number of rotatable bonds is 3. The first-order chi connectivity index (χ1) is 15.4. The topological polar surface area (TPSA) is 110 Å². The van der Waals surface area contributed by atoms with Gasteiger partial charge in [-0.3, -0.25) is 19.5 Å². The molecular weight excluding hydrogens is 446 g/mol. The van der Waals surface area contributed by atoms with E-state index in [1.807, 2.05) is 0 Å². The van der Waals surface area contributed by atoms with Crippen LogP contribution in [0.1, 0.15) is 28.5 Å². The summed E-state index contributed by atoms with van der Waals surface area (Å²) < 4.78 is 58.7. The number of ether oxygens (including phenoxy) is 1. The van der Waals surface area contributed by atoms with Gasteiger partial charge in [0.25, 0.3) is 5.91 Å². The maximum atomic E-state index is 15.0. The number of nitrogens with zero attached hydrogens (tertiary/aromatic N) is 3. The molecule has 4 rings (SSSR count). The van der Waals surface area contributed by atoms with Gasteiger partial charge < -0.3 is 15.8 Å². The van der Waals surface area contributed by atoms with Gasteiger partial charge >= 0.3 is 6.18 Å². The average Bonchev–Trinajstić information content (AvgIpc) is 3.10. The highest BCUT2D eigenvalue weighted by Gasteiger charge is 2.58. The van der Waals surface area contributed by atoms with E-state index in [-0.39, 0.29) is 35.4 Å². The molecule has 3 heterocycles. The quantitative estimate of drug-likeness (QED) is 0.677. The highest BCUT2D eigenvalue weighted by Crippen LogP contribution is 2.47. The van der Waals surface area contributed by atoms with Gasteiger partial charge in [-0.25, -0.2) is 9.38 Å². The number of carbonyl (C=O) groups excluding carboxylic acids is 2. The summed E-state index contributed by atoms with van der Waals surface area (Å²) >= 11 is 0. The molecule has 0 spiro atoms. The number of carbonyl (C=O) groups is 2. The summed E-state index contributed by atoms with van der Waals surface area (Å²) in [7, 11) is 1.46. The van der Waals surface area contributed by atoms with Crippen molar-refractivity contribution in [2.45, 2.75) is 24.7 Å². The smallest absolute Gasteiger partial charge is 0.375 e. The number of amides is 2. The Morgan fingerprint density at radius 3 is 2.67 bits per heavy atom. The number of guanidine groups is 1. The Labute approximate surface area is 185 Å². The fourth-order valence-corrected chi connectivity index (χ4v) is 4.07. The average molecular weight is 465 g/mol. The Hall–Kier alpha value is -3.54. The van der Waals surface area contributed by atoms with Crippen LogP contribution in [0, 0.1) is 11.7 Å². The number of aromatic nitrogens is 1. The third kappa shape index (κ3) is 3.80. The maximum absolute atomic E-state index is 15.0. The van der Waals surface area contributed by atoms with Gasteiger partial charge in [0.05, 0.1) is 24.2 Å². The second-order valence-corrected chi connectivity index (χ2v) is 7.86. The molecule has 0 radical (unpaired) electrons. The van der Waals surface area contributed by atoms with E-state index in [9.17, 15) is 27.2 Å². The van der Waals surface area contributed by atoms with Crippen molar-refractivity contribution in [1.82, 2.24) is 9.88 Å². The van der Waals surface area contributed by atoms with Crippen LogP contribution in [0.5, 0.6) is 0 Å². The van der Waals surface area contributed by atoms with Crippen LogP contribution in [0.25, 0.3) is 0 Å². The summed E-state index contributed by atoms with van der Waals surface area (Å²) in [6.07, 6.45) is -4.60. The molecule has 3 atom stereocenters. The van der Waals surface area contributed by atoms with E-state index >= 15 is 0 Å². The second kappa shape index (κ2) is 7.80.